The van der Waals surface area contributed by atoms with Gasteiger partial charge in [-0.3, -0.25) is 4.90 Å². The Hall–Kier alpha value is -1.84. The largest absolute Gasteiger partial charge is 0.288 e. The molecule has 1 N–H and O–H groups in total. The molecule has 0 unspecified atom stereocenters. The van der Waals surface area contributed by atoms with Crippen LogP contribution in [-0.2, 0) is 23.0 Å². The number of hydrogen-bond donors (Lipinski definition) is 1. The van der Waals surface area contributed by atoms with Gasteiger partial charge >= 0.3 is 0 Å². The van der Waals surface area contributed by atoms with Crippen LogP contribution in [0.5, 0.6) is 0 Å². The highest BCUT2D eigenvalue weighted by Gasteiger charge is 2.14. The summed E-state index contributed by atoms with van der Waals surface area (Å²) in [6.07, 6.45) is 1.03. The summed E-state index contributed by atoms with van der Waals surface area (Å²) in [6, 6.07) is 14.6. The average molecular weight is 375 g/mol. The molecule has 0 fully saturated rings. The summed E-state index contributed by atoms with van der Waals surface area (Å²) in [5, 5.41) is 0.388. The van der Waals surface area contributed by atoms with Crippen LogP contribution in [0.3, 0.4) is 0 Å². The molecule has 0 bridgehead atoms. The van der Waals surface area contributed by atoms with E-state index in [9.17, 15) is 8.42 Å². The van der Waals surface area contributed by atoms with E-state index in [1.54, 1.807) is 12.1 Å². The number of rotatable bonds is 4. The quantitative estimate of drug-likeness (QED) is 0.837. The lowest BCUT2D eigenvalue weighted by Crippen LogP contribution is -2.31. The van der Waals surface area contributed by atoms with Crippen LogP contribution < -0.4 is 4.72 Å². The normalized spacial score (nSPS) is 14.4. The maximum Gasteiger partial charge on any atom is 0.241 e. The zero-order chi connectivity index (χ0) is 17.7. The average Bonchev–Trinajstić information content (AvgIpc) is 2.61. The Morgan fingerprint density at radius 2 is 1.88 bits per heavy atom. The minimum Gasteiger partial charge on any atom is -0.288 e. The topological polar surface area (TPSA) is 49.4 Å². The maximum atomic E-state index is 12.1. The van der Waals surface area contributed by atoms with Crippen molar-refractivity contribution in [3.63, 3.8) is 0 Å². The lowest BCUT2D eigenvalue weighted by Gasteiger charge is -2.26. The maximum absolute atomic E-state index is 12.1. The molecule has 6 heteroatoms. The lowest BCUT2D eigenvalue weighted by atomic mass is 10.0. The molecule has 1 heterocycles. The Morgan fingerprint density at radius 1 is 1.08 bits per heavy atom. The molecule has 2 aromatic carbocycles. The van der Waals surface area contributed by atoms with Crippen LogP contribution in [0.25, 0.3) is 0 Å². The van der Waals surface area contributed by atoms with Crippen LogP contribution in [0.1, 0.15) is 11.1 Å². The highest BCUT2D eigenvalue weighted by molar-refractivity contribution is 7.89. The second kappa shape index (κ2) is 8.03. The van der Waals surface area contributed by atoms with Crippen molar-refractivity contribution in [3.8, 4) is 11.8 Å². The molecule has 0 saturated heterocycles. The number of benzene rings is 2. The minimum atomic E-state index is -3.58. The van der Waals surface area contributed by atoms with Gasteiger partial charge in [-0.2, -0.15) is 4.72 Å². The van der Waals surface area contributed by atoms with Crippen LogP contribution in [-0.4, -0.2) is 33.0 Å². The molecular weight excluding hydrogens is 356 g/mol. The molecule has 0 atom stereocenters. The van der Waals surface area contributed by atoms with E-state index >= 15 is 0 Å². The molecule has 2 aromatic rings. The van der Waals surface area contributed by atoms with Crippen molar-refractivity contribution in [2.45, 2.75) is 17.9 Å². The Labute approximate surface area is 153 Å². The molecule has 25 heavy (non-hydrogen) atoms. The van der Waals surface area contributed by atoms with Gasteiger partial charge in [-0.25, -0.2) is 8.42 Å². The summed E-state index contributed by atoms with van der Waals surface area (Å²) < 4.78 is 26.8. The van der Waals surface area contributed by atoms with E-state index in [1.807, 2.05) is 0 Å². The van der Waals surface area contributed by atoms with Crippen molar-refractivity contribution in [3.05, 3.63) is 64.7 Å². The summed E-state index contributed by atoms with van der Waals surface area (Å²) in [5.41, 5.74) is 2.75. The van der Waals surface area contributed by atoms with Gasteiger partial charge in [0.2, 0.25) is 10.0 Å². The molecule has 0 amide bonds. The minimum absolute atomic E-state index is 0.0826. The fraction of sp³-hybridized carbons (Fsp3) is 0.263. The first-order chi connectivity index (χ1) is 12.0. The van der Waals surface area contributed by atoms with E-state index in [1.165, 1.54) is 23.3 Å². The number of hydrogen-bond acceptors (Lipinski definition) is 3. The van der Waals surface area contributed by atoms with Crippen molar-refractivity contribution < 1.29 is 8.42 Å². The van der Waals surface area contributed by atoms with Gasteiger partial charge in [0.15, 0.2) is 0 Å². The molecule has 3 rings (SSSR count). The monoisotopic (exact) mass is 374 g/mol. The molecule has 130 valence electrons. The second-order valence-corrected chi connectivity index (χ2v) is 8.07. The van der Waals surface area contributed by atoms with Gasteiger partial charge in [0, 0.05) is 18.1 Å². The third-order valence-corrected chi connectivity index (χ3v) is 5.73. The predicted molar refractivity (Wildman–Crippen MR) is 99.8 cm³/mol. The third kappa shape index (κ3) is 4.83. The van der Waals surface area contributed by atoms with Gasteiger partial charge in [-0.15, -0.1) is 0 Å². The fourth-order valence-electron chi connectivity index (χ4n) is 2.77. The van der Waals surface area contributed by atoms with E-state index in [2.05, 4.69) is 45.7 Å². The number of nitrogens with one attached hydrogen (secondary N) is 1. The highest BCUT2D eigenvalue weighted by atomic mass is 35.5. The first-order valence-electron chi connectivity index (χ1n) is 8.05. The van der Waals surface area contributed by atoms with Crippen LogP contribution >= 0.6 is 11.6 Å². The molecule has 0 aromatic heterocycles. The van der Waals surface area contributed by atoms with Gasteiger partial charge in [-0.05, 0) is 35.7 Å². The number of nitrogens with zero attached hydrogens (tertiary/aromatic N) is 1. The van der Waals surface area contributed by atoms with E-state index in [0.717, 1.165) is 19.5 Å². The SMILES string of the molecule is O=S(=O)(NCC#CCN1CCc2ccccc2C1)c1cccc(Cl)c1. The Morgan fingerprint density at radius 3 is 2.68 bits per heavy atom. The van der Waals surface area contributed by atoms with Crippen LogP contribution in [0.15, 0.2) is 53.4 Å². The smallest absolute Gasteiger partial charge is 0.241 e. The molecule has 0 radical (unpaired) electrons. The van der Waals surface area contributed by atoms with Crippen molar-refractivity contribution >= 4 is 21.6 Å². The summed E-state index contributed by atoms with van der Waals surface area (Å²) in [6.45, 7) is 2.57. The van der Waals surface area contributed by atoms with E-state index < -0.39 is 10.0 Å². The van der Waals surface area contributed by atoms with Crippen molar-refractivity contribution in [1.82, 2.24) is 9.62 Å². The van der Waals surface area contributed by atoms with Crippen molar-refractivity contribution in [2.75, 3.05) is 19.6 Å². The summed E-state index contributed by atoms with van der Waals surface area (Å²) in [5.74, 6) is 5.93. The summed E-state index contributed by atoms with van der Waals surface area (Å²) in [4.78, 5) is 2.41. The van der Waals surface area contributed by atoms with E-state index in [4.69, 9.17) is 11.6 Å². The molecular formula is C19H19ClN2O2S. The summed E-state index contributed by atoms with van der Waals surface area (Å²) in [7, 11) is -3.58. The third-order valence-electron chi connectivity index (χ3n) is 4.09. The molecule has 4 nitrogen and oxygen atoms in total. The van der Waals surface area contributed by atoms with Crippen molar-refractivity contribution in [1.29, 1.82) is 0 Å². The standard InChI is InChI=1S/C19H19ClN2O2S/c20-18-8-5-9-19(14-18)25(23,24)21-11-3-4-12-22-13-10-16-6-1-2-7-17(16)15-22/h1-2,5-9,14,21H,10-13,15H2. The zero-order valence-corrected chi connectivity index (χ0v) is 15.3. The molecule has 1 aliphatic rings. The Bertz CT molecular complexity index is 916. The van der Waals surface area contributed by atoms with E-state index in [0.29, 0.717) is 11.6 Å². The molecule has 0 saturated carbocycles. The van der Waals surface area contributed by atoms with Gasteiger partial charge in [-0.1, -0.05) is 53.8 Å². The molecule has 0 aliphatic carbocycles. The van der Waals surface area contributed by atoms with Gasteiger partial charge in [0.25, 0.3) is 0 Å². The Kier molecular flexibility index (Phi) is 5.77. The van der Waals surface area contributed by atoms with Gasteiger partial charge in [0.1, 0.15) is 0 Å². The highest BCUT2D eigenvalue weighted by Crippen LogP contribution is 2.17. The molecule has 1 aliphatic heterocycles. The number of fused-ring (bicyclic) bond motifs is 1. The second-order valence-electron chi connectivity index (χ2n) is 5.86. The molecule has 0 spiro atoms. The summed E-state index contributed by atoms with van der Waals surface area (Å²) >= 11 is 5.83. The lowest BCUT2D eigenvalue weighted by molar-refractivity contribution is 0.286. The van der Waals surface area contributed by atoms with Crippen LogP contribution in [0, 0.1) is 11.8 Å². The number of halogens is 1. The zero-order valence-electron chi connectivity index (χ0n) is 13.7. The first-order valence-corrected chi connectivity index (χ1v) is 9.91. The van der Waals surface area contributed by atoms with Crippen LogP contribution in [0.4, 0.5) is 0 Å². The predicted octanol–water partition coefficient (Wildman–Crippen LogP) is 2.68. The van der Waals surface area contributed by atoms with Crippen molar-refractivity contribution in [2.24, 2.45) is 0 Å². The van der Waals surface area contributed by atoms with Gasteiger partial charge < -0.3 is 0 Å². The fourth-order valence-corrected chi connectivity index (χ4v) is 3.99. The van der Waals surface area contributed by atoms with Crippen LogP contribution in [0.2, 0.25) is 5.02 Å². The van der Waals surface area contributed by atoms with Gasteiger partial charge in [0.05, 0.1) is 18.0 Å². The first kappa shape index (κ1) is 18.0. The number of sulfonamides is 1. The van der Waals surface area contributed by atoms with E-state index in [-0.39, 0.29) is 11.4 Å². The Balaban J connectivity index is 1.51.